The van der Waals surface area contributed by atoms with Gasteiger partial charge in [-0.25, -0.2) is 0 Å². The number of epoxide rings is 1. The van der Waals surface area contributed by atoms with Crippen molar-refractivity contribution in [2.24, 2.45) is 5.92 Å². The fourth-order valence-corrected chi connectivity index (χ4v) is 1.83. The van der Waals surface area contributed by atoms with Crippen LogP contribution >= 0.6 is 0 Å². The second kappa shape index (κ2) is 2.10. The maximum atomic E-state index is 5.59. The predicted molar refractivity (Wildman–Crippen MR) is 45.4 cm³/mol. The minimum atomic E-state index is 0.235. The Bertz CT molecular complexity index is 205. The third-order valence-corrected chi connectivity index (χ3v) is 2.97. The van der Waals surface area contributed by atoms with Crippen molar-refractivity contribution in [1.29, 1.82) is 0 Å². The zero-order valence-electron chi connectivity index (χ0n) is 7.55. The van der Waals surface area contributed by atoms with E-state index in [4.69, 9.17) is 4.74 Å². The van der Waals surface area contributed by atoms with Gasteiger partial charge in [-0.1, -0.05) is 25.5 Å². The first-order valence-corrected chi connectivity index (χ1v) is 4.48. The maximum Gasteiger partial charge on any atom is 0.0958 e. The fourth-order valence-electron chi connectivity index (χ4n) is 1.83. The summed E-state index contributed by atoms with van der Waals surface area (Å²) in [7, 11) is 0. The number of ether oxygens (including phenoxy) is 1. The van der Waals surface area contributed by atoms with Crippen LogP contribution in [0.5, 0.6) is 0 Å². The van der Waals surface area contributed by atoms with Gasteiger partial charge in [0.15, 0.2) is 0 Å². The van der Waals surface area contributed by atoms with Crippen LogP contribution in [0.2, 0.25) is 0 Å². The van der Waals surface area contributed by atoms with Crippen molar-refractivity contribution in [3.05, 3.63) is 11.6 Å². The highest BCUT2D eigenvalue weighted by molar-refractivity contribution is 5.21. The van der Waals surface area contributed by atoms with E-state index in [9.17, 15) is 0 Å². The molecule has 0 unspecified atom stereocenters. The van der Waals surface area contributed by atoms with Gasteiger partial charge in [-0.05, 0) is 25.7 Å². The summed E-state index contributed by atoms with van der Waals surface area (Å²) in [6.07, 6.45) is 5.22. The Morgan fingerprint density at radius 2 is 2.36 bits per heavy atom. The molecular weight excluding hydrogens is 136 g/mol. The highest BCUT2D eigenvalue weighted by atomic mass is 16.6. The summed E-state index contributed by atoms with van der Waals surface area (Å²) in [5, 5.41) is 0. The first kappa shape index (κ1) is 7.35. The molecule has 2 rings (SSSR count). The molecule has 0 spiro atoms. The molecule has 1 heterocycles. The van der Waals surface area contributed by atoms with E-state index in [1.54, 1.807) is 5.57 Å². The molecular formula is C10H16O. The lowest BCUT2D eigenvalue weighted by atomic mass is 9.86. The van der Waals surface area contributed by atoms with E-state index in [-0.39, 0.29) is 5.60 Å². The molecule has 2 atom stereocenters. The third-order valence-electron chi connectivity index (χ3n) is 2.97. The van der Waals surface area contributed by atoms with Gasteiger partial charge in [-0.15, -0.1) is 0 Å². The van der Waals surface area contributed by atoms with Crippen LogP contribution in [0, 0.1) is 5.92 Å². The SMILES string of the molecule is CC(C)C1=CC[C@]2(C)O[C@@H]2C1. The first-order chi connectivity index (χ1) is 5.12. The average molecular weight is 152 g/mol. The summed E-state index contributed by atoms with van der Waals surface area (Å²) in [5.41, 5.74) is 1.82. The van der Waals surface area contributed by atoms with Gasteiger partial charge in [-0.2, -0.15) is 0 Å². The second-order valence-electron chi connectivity index (χ2n) is 4.26. The lowest BCUT2D eigenvalue weighted by Crippen LogP contribution is -2.15. The molecule has 0 bridgehead atoms. The van der Waals surface area contributed by atoms with E-state index >= 15 is 0 Å². The Kier molecular flexibility index (Phi) is 1.40. The Balaban J connectivity index is 2.07. The Hall–Kier alpha value is -0.300. The average Bonchev–Trinajstić information content (AvgIpc) is 2.58. The monoisotopic (exact) mass is 152 g/mol. The summed E-state index contributed by atoms with van der Waals surface area (Å²) < 4.78 is 5.59. The van der Waals surface area contributed by atoms with Crippen molar-refractivity contribution in [2.75, 3.05) is 0 Å². The van der Waals surface area contributed by atoms with Crippen LogP contribution in [-0.4, -0.2) is 11.7 Å². The molecule has 62 valence electrons. The predicted octanol–water partition coefficient (Wildman–Crippen LogP) is 2.52. The van der Waals surface area contributed by atoms with Crippen LogP contribution in [0.4, 0.5) is 0 Å². The molecule has 0 aromatic heterocycles. The van der Waals surface area contributed by atoms with Crippen LogP contribution in [0.1, 0.15) is 33.6 Å². The van der Waals surface area contributed by atoms with Crippen molar-refractivity contribution in [2.45, 2.75) is 45.3 Å². The van der Waals surface area contributed by atoms with Gasteiger partial charge in [-0.3, -0.25) is 0 Å². The maximum absolute atomic E-state index is 5.59. The normalized spacial score (nSPS) is 41.8. The lowest BCUT2D eigenvalue weighted by Gasteiger charge is -2.16. The quantitative estimate of drug-likeness (QED) is 0.415. The van der Waals surface area contributed by atoms with Gasteiger partial charge in [0.05, 0.1) is 11.7 Å². The molecule has 1 aliphatic heterocycles. The van der Waals surface area contributed by atoms with E-state index in [2.05, 4.69) is 26.8 Å². The molecule has 2 aliphatic rings. The van der Waals surface area contributed by atoms with Crippen molar-refractivity contribution in [1.82, 2.24) is 0 Å². The van der Waals surface area contributed by atoms with Crippen molar-refractivity contribution in [3.8, 4) is 0 Å². The van der Waals surface area contributed by atoms with Gasteiger partial charge in [0.2, 0.25) is 0 Å². The molecule has 1 heteroatoms. The van der Waals surface area contributed by atoms with Crippen molar-refractivity contribution >= 4 is 0 Å². The molecule has 0 amide bonds. The van der Waals surface area contributed by atoms with Gasteiger partial charge in [0.1, 0.15) is 0 Å². The summed E-state index contributed by atoms with van der Waals surface area (Å²) >= 11 is 0. The molecule has 0 aromatic rings. The second-order valence-corrected chi connectivity index (χ2v) is 4.26. The summed E-state index contributed by atoms with van der Waals surface area (Å²) in [5.74, 6) is 0.712. The summed E-state index contributed by atoms with van der Waals surface area (Å²) in [4.78, 5) is 0. The molecule has 11 heavy (non-hydrogen) atoms. The Morgan fingerprint density at radius 3 is 2.91 bits per heavy atom. The van der Waals surface area contributed by atoms with Crippen molar-refractivity contribution < 1.29 is 4.74 Å². The van der Waals surface area contributed by atoms with Gasteiger partial charge in [0.25, 0.3) is 0 Å². The van der Waals surface area contributed by atoms with Gasteiger partial charge >= 0.3 is 0 Å². The number of fused-ring (bicyclic) bond motifs is 1. The van der Waals surface area contributed by atoms with Crippen LogP contribution in [-0.2, 0) is 4.74 Å². The molecule has 0 saturated carbocycles. The molecule has 1 fully saturated rings. The Morgan fingerprint density at radius 1 is 1.64 bits per heavy atom. The fraction of sp³-hybridized carbons (Fsp3) is 0.800. The minimum absolute atomic E-state index is 0.235. The first-order valence-electron chi connectivity index (χ1n) is 4.48. The van der Waals surface area contributed by atoms with E-state index < -0.39 is 0 Å². The van der Waals surface area contributed by atoms with E-state index in [0.29, 0.717) is 12.0 Å². The standard InChI is InChI=1S/C10H16O/c1-7(2)8-4-5-10(3)9(6-8)11-10/h4,7,9H,5-6H2,1-3H3/t9-,10+/m1/s1. The van der Waals surface area contributed by atoms with Crippen LogP contribution in [0.15, 0.2) is 11.6 Å². The third kappa shape index (κ3) is 1.12. The highest BCUT2D eigenvalue weighted by Gasteiger charge is 2.53. The van der Waals surface area contributed by atoms with Gasteiger partial charge < -0.3 is 4.74 Å². The van der Waals surface area contributed by atoms with Crippen molar-refractivity contribution in [3.63, 3.8) is 0 Å². The largest absolute Gasteiger partial charge is 0.366 e. The number of rotatable bonds is 1. The zero-order chi connectivity index (χ0) is 8.06. The van der Waals surface area contributed by atoms with Crippen LogP contribution in [0.25, 0.3) is 0 Å². The topological polar surface area (TPSA) is 12.5 Å². The van der Waals surface area contributed by atoms with Crippen LogP contribution < -0.4 is 0 Å². The van der Waals surface area contributed by atoms with E-state index in [1.807, 2.05) is 0 Å². The molecule has 0 aromatic carbocycles. The van der Waals surface area contributed by atoms with E-state index in [0.717, 1.165) is 6.42 Å². The van der Waals surface area contributed by atoms with Gasteiger partial charge in [0, 0.05) is 0 Å². The smallest absolute Gasteiger partial charge is 0.0958 e. The minimum Gasteiger partial charge on any atom is -0.366 e. The van der Waals surface area contributed by atoms with E-state index in [1.165, 1.54) is 6.42 Å². The molecule has 1 nitrogen and oxygen atoms in total. The highest BCUT2D eigenvalue weighted by Crippen LogP contribution is 2.47. The number of hydrogen-bond acceptors (Lipinski definition) is 1. The van der Waals surface area contributed by atoms with Crippen LogP contribution in [0.3, 0.4) is 0 Å². The summed E-state index contributed by atoms with van der Waals surface area (Å²) in [6.45, 7) is 6.74. The molecule has 1 saturated heterocycles. The molecule has 0 radical (unpaired) electrons. The zero-order valence-corrected chi connectivity index (χ0v) is 7.55. The number of hydrogen-bond donors (Lipinski definition) is 0. The summed E-state index contributed by atoms with van der Waals surface area (Å²) in [6, 6.07) is 0. The Labute approximate surface area is 68.4 Å². The lowest BCUT2D eigenvalue weighted by molar-refractivity contribution is 0.313. The molecule has 1 aliphatic carbocycles. The molecule has 0 N–H and O–H groups in total.